The molecule has 72 valence electrons. The second-order valence-electron chi connectivity index (χ2n) is 2.94. The highest BCUT2D eigenvalue weighted by molar-refractivity contribution is 9.10. The van der Waals surface area contributed by atoms with Crippen molar-refractivity contribution < 1.29 is 0 Å². The Labute approximate surface area is 95.2 Å². The number of benzene rings is 1. The van der Waals surface area contributed by atoms with Gasteiger partial charge < -0.3 is 5.73 Å². The lowest BCUT2D eigenvalue weighted by atomic mass is 10.1. The molecule has 0 spiro atoms. The molecule has 1 heterocycles. The molecule has 1 aromatic carbocycles. The van der Waals surface area contributed by atoms with Crippen LogP contribution in [-0.4, -0.2) is 4.98 Å². The van der Waals surface area contributed by atoms with Gasteiger partial charge in [-0.2, -0.15) is 0 Å². The molecule has 0 aliphatic heterocycles. The van der Waals surface area contributed by atoms with E-state index in [-0.39, 0.29) is 0 Å². The van der Waals surface area contributed by atoms with E-state index in [1.807, 2.05) is 18.2 Å². The fourth-order valence-electron chi connectivity index (χ4n) is 1.34. The molecular weight excluding hydrogens is 263 g/mol. The Kier molecular flexibility index (Phi) is 2.72. The minimum absolute atomic E-state index is 0.411. The van der Waals surface area contributed by atoms with E-state index >= 15 is 0 Å². The zero-order valence-corrected chi connectivity index (χ0v) is 9.64. The van der Waals surface area contributed by atoms with Crippen LogP contribution in [0.4, 0.5) is 0 Å². The van der Waals surface area contributed by atoms with Crippen LogP contribution >= 0.6 is 27.5 Å². The first-order valence-electron chi connectivity index (χ1n) is 4.15. The van der Waals surface area contributed by atoms with Gasteiger partial charge in [0.15, 0.2) is 0 Å². The van der Waals surface area contributed by atoms with Crippen molar-refractivity contribution in [3.63, 3.8) is 0 Å². The van der Waals surface area contributed by atoms with Crippen LogP contribution in [0, 0.1) is 0 Å². The Morgan fingerprint density at radius 2 is 2.21 bits per heavy atom. The Hall–Kier alpha value is -0.640. The third-order valence-electron chi connectivity index (χ3n) is 2.07. The third kappa shape index (κ3) is 1.52. The summed E-state index contributed by atoms with van der Waals surface area (Å²) in [6, 6.07) is 5.81. The minimum Gasteiger partial charge on any atom is -0.326 e. The van der Waals surface area contributed by atoms with Gasteiger partial charge in [0.1, 0.15) is 0 Å². The van der Waals surface area contributed by atoms with Crippen molar-refractivity contribution in [1.29, 1.82) is 0 Å². The molecule has 0 saturated heterocycles. The Balaban J connectivity index is 2.84. The van der Waals surface area contributed by atoms with Gasteiger partial charge in [0.05, 0.1) is 10.5 Å². The number of pyridine rings is 1. The summed E-state index contributed by atoms with van der Waals surface area (Å²) in [5, 5.41) is 1.63. The molecule has 0 radical (unpaired) electrons. The minimum atomic E-state index is 0.411. The number of rotatable bonds is 1. The van der Waals surface area contributed by atoms with E-state index in [4.69, 9.17) is 17.3 Å². The van der Waals surface area contributed by atoms with E-state index in [9.17, 15) is 0 Å². The average Bonchev–Trinajstić information content (AvgIpc) is 2.20. The molecule has 0 amide bonds. The summed E-state index contributed by atoms with van der Waals surface area (Å²) in [7, 11) is 0. The summed E-state index contributed by atoms with van der Waals surface area (Å²) in [5.41, 5.74) is 7.29. The lowest BCUT2D eigenvalue weighted by molar-refractivity contribution is 1.06. The number of para-hydroxylation sites is 1. The molecule has 0 saturated carbocycles. The maximum atomic E-state index is 6.17. The Bertz CT molecular complexity index is 485. The number of fused-ring (bicyclic) bond motifs is 1. The monoisotopic (exact) mass is 270 g/mol. The second kappa shape index (κ2) is 3.85. The van der Waals surface area contributed by atoms with Gasteiger partial charge in [-0.25, -0.2) is 0 Å². The fraction of sp³-hybridized carbons (Fsp3) is 0.100. The molecule has 0 fully saturated rings. The molecule has 2 aromatic rings. The Morgan fingerprint density at radius 1 is 1.43 bits per heavy atom. The van der Waals surface area contributed by atoms with E-state index < -0.39 is 0 Å². The first kappa shape index (κ1) is 9.90. The summed E-state index contributed by atoms with van der Waals surface area (Å²) in [5.74, 6) is 0. The molecule has 0 unspecified atom stereocenters. The number of nitrogens with zero attached hydrogens (tertiary/aromatic N) is 1. The highest BCUT2D eigenvalue weighted by atomic mass is 79.9. The largest absolute Gasteiger partial charge is 0.326 e. The van der Waals surface area contributed by atoms with Crippen LogP contribution in [0.5, 0.6) is 0 Å². The van der Waals surface area contributed by atoms with Crippen molar-refractivity contribution in [2.45, 2.75) is 6.54 Å². The van der Waals surface area contributed by atoms with Gasteiger partial charge in [-0.1, -0.05) is 23.7 Å². The molecule has 14 heavy (non-hydrogen) atoms. The summed E-state index contributed by atoms with van der Waals surface area (Å²) in [6.07, 6.45) is 1.72. The summed E-state index contributed by atoms with van der Waals surface area (Å²) in [6.45, 7) is 0.411. The maximum Gasteiger partial charge on any atom is 0.0859 e. The summed E-state index contributed by atoms with van der Waals surface area (Å²) >= 11 is 9.60. The first-order valence-corrected chi connectivity index (χ1v) is 5.33. The molecule has 0 atom stereocenters. The smallest absolute Gasteiger partial charge is 0.0859 e. The van der Waals surface area contributed by atoms with Crippen LogP contribution in [-0.2, 0) is 6.54 Å². The topological polar surface area (TPSA) is 38.9 Å². The molecule has 2 N–H and O–H groups in total. The predicted octanol–water partition coefficient (Wildman–Crippen LogP) is 3.11. The molecule has 2 nitrogen and oxygen atoms in total. The number of hydrogen-bond donors (Lipinski definition) is 1. The molecule has 4 heteroatoms. The van der Waals surface area contributed by atoms with Crippen molar-refractivity contribution in [2.75, 3.05) is 0 Å². The zero-order chi connectivity index (χ0) is 10.1. The highest BCUT2D eigenvalue weighted by Crippen LogP contribution is 2.29. The van der Waals surface area contributed by atoms with E-state index in [1.165, 1.54) is 0 Å². The SMILES string of the molecule is NCc1cnc2c(Br)cccc2c1Cl. The predicted molar refractivity (Wildman–Crippen MR) is 62.3 cm³/mol. The standard InChI is InChI=1S/C10H8BrClN2/c11-8-3-1-2-7-9(12)6(4-13)5-14-10(7)8/h1-3,5H,4,13H2. The highest BCUT2D eigenvalue weighted by Gasteiger charge is 2.06. The molecule has 1 aromatic heterocycles. The van der Waals surface area contributed by atoms with E-state index in [2.05, 4.69) is 20.9 Å². The van der Waals surface area contributed by atoms with Gasteiger partial charge in [-0.05, 0) is 22.0 Å². The average molecular weight is 272 g/mol. The third-order valence-corrected chi connectivity index (χ3v) is 3.16. The van der Waals surface area contributed by atoms with E-state index in [0.717, 1.165) is 20.9 Å². The van der Waals surface area contributed by atoms with Crippen LogP contribution in [0.2, 0.25) is 5.02 Å². The molecule has 0 aliphatic carbocycles. The van der Waals surface area contributed by atoms with Crippen molar-refractivity contribution >= 4 is 38.4 Å². The second-order valence-corrected chi connectivity index (χ2v) is 4.17. The summed E-state index contributed by atoms with van der Waals surface area (Å²) < 4.78 is 0.945. The maximum absolute atomic E-state index is 6.17. The van der Waals surface area contributed by atoms with E-state index in [1.54, 1.807) is 6.20 Å². The van der Waals surface area contributed by atoms with E-state index in [0.29, 0.717) is 11.6 Å². The molecule has 0 bridgehead atoms. The number of halogens is 2. The van der Waals surface area contributed by atoms with Crippen molar-refractivity contribution in [3.05, 3.63) is 39.5 Å². The van der Waals surface area contributed by atoms with Crippen LogP contribution in [0.1, 0.15) is 5.56 Å². The van der Waals surface area contributed by atoms with Gasteiger partial charge in [-0.3, -0.25) is 4.98 Å². The number of hydrogen-bond acceptors (Lipinski definition) is 2. The van der Waals surface area contributed by atoms with Gasteiger partial charge in [0.2, 0.25) is 0 Å². The van der Waals surface area contributed by atoms with Crippen LogP contribution in [0.15, 0.2) is 28.9 Å². The van der Waals surface area contributed by atoms with Gasteiger partial charge >= 0.3 is 0 Å². The van der Waals surface area contributed by atoms with Gasteiger partial charge in [0, 0.05) is 28.2 Å². The molecule has 2 rings (SSSR count). The first-order chi connectivity index (χ1) is 6.74. The fourth-order valence-corrected chi connectivity index (χ4v) is 2.09. The lowest BCUT2D eigenvalue weighted by Crippen LogP contribution is -1.98. The number of aromatic nitrogens is 1. The molecular formula is C10H8BrClN2. The summed E-state index contributed by atoms with van der Waals surface area (Å²) in [4.78, 5) is 4.30. The normalized spacial score (nSPS) is 10.8. The van der Waals surface area contributed by atoms with Gasteiger partial charge in [-0.15, -0.1) is 0 Å². The van der Waals surface area contributed by atoms with Crippen LogP contribution in [0.25, 0.3) is 10.9 Å². The van der Waals surface area contributed by atoms with Crippen LogP contribution in [0.3, 0.4) is 0 Å². The van der Waals surface area contributed by atoms with Crippen molar-refractivity contribution in [3.8, 4) is 0 Å². The lowest BCUT2D eigenvalue weighted by Gasteiger charge is -2.05. The quantitative estimate of drug-likeness (QED) is 0.865. The van der Waals surface area contributed by atoms with Crippen LogP contribution < -0.4 is 5.73 Å². The zero-order valence-electron chi connectivity index (χ0n) is 7.30. The number of nitrogens with two attached hydrogens (primary N) is 1. The van der Waals surface area contributed by atoms with Crippen molar-refractivity contribution in [1.82, 2.24) is 4.98 Å². The Morgan fingerprint density at radius 3 is 2.93 bits per heavy atom. The van der Waals surface area contributed by atoms with Crippen molar-refractivity contribution in [2.24, 2.45) is 5.73 Å². The van der Waals surface area contributed by atoms with Gasteiger partial charge in [0.25, 0.3) is 0 Å². The molecule has 0 aliphatic rings.